The van der Waals surface area contributed by atoms with Crippen LogP contribution in [-0.4, -0.2) is 23.1 Å². The maximum Gasteiger partial charge on any atom is 0.251 e. The molecule has 1 heterocycles. The number of aromatic nitrogens is 1. The fourth-order valence-electron chi connectivity index (χ4n) is 4.57. The molecule has 0 radical (unpaired) electrons. The Morgan fingerprint density at radius 2 is 1.87 bits per heavy atom. The van der Waals surface area contributed by atoms with Crippen LogP contribution in [0.5, 0.6) is 5.75 Å². The molecule has 0 saturated heterocycles. The maximum absolute atomic E-state index is 12.5. The van der Waals surface area contributed by atoms with E-state index in [2.05, 4.69) is 22.0 Å². The Hall–Kier alpha value is -3.26. The molecular formula is C26H27N3O2. The number of amides is 1. The van der Waals surface area contributed by atoms with Crippen LogP contribution < -0.4 is 10.1 Å². The van der Waals surface area contributed by atoms with Crippen molar-refractivity contribution in [3.05, 3.63) is 53.6 Å². The van der Waals surface area contributed by atoms with E-state index in [1.165, 1.54) is 12.8 Å². The Morgan fingerprint density at radius 1 is 1.13 bits per heavy atom. The van der Waals surface area contributed by atoms with Crippen LogP contribution in [0.15, 0.2) is 42.5 Å². The van der Waals surface area contributed by atoms with Gasteiger partial charge in [-0.15, -0.1) is 0 Å². The number of nitriles is 1. The topological polar surface area (TPSA) is 67.0 Å². The summed E-state index contributed by atoms with van der Waals surface area (Å²) >= 11 is 0. The van der Waals surface area contributed by atoms with Gasteiger partial charge in [-0.05, 0) is 75.3 Å². The second-order valence-corrected chi connectivity index (χ2v) is 8.58. The Kier molecular flexibility index (Phi) is 5.15. The van der Waals surface area contributed by atoms with Gasteiger partial charge in [0, 0.05) is 29.1 Å². The van der Waals surface area contributed by atoms with Gasteiger partial charge in [-0.3, -0.25) is 4.79 Å². The van der Waals surface area contributed by atoms with Gasteiger partial charge < -0.3 is 14.6 Å². The molecule has 0 unspecified atom stereocenters. The monoisotopic (exact) mass is 413 g/mol. The molecule has 2 fully saturated rings. The molecule has 158 valence electrons. The molecule has 0 spiro atoms. The number of hydrogen-bond donors (Lipinski definition) is 1. The minimum absolute atomic E-state index is 0.0161. The van der Waals surface area contributed by atoms with Gasteiger partial charge >= 0.3 is 0 Å². The Bertz CT molecular complexity index is 1160. The smallest absolute Gasteiger partial charge is 0.251 e. The number of carbonyl (C=O) groups excluding carboxylic acids is 1. The second kappa shape index (κ2) is 8.11. The van der Waals surface area contributed by atoms with Crippen molar-refractivity contribution < 1.29 is 9.53 Å². The van der Waals surface area contributed by atoms with Crippen LogP contribution in [-0.2, 0) is 0 Å². The lowest BCUT2D eigenvalue weighted by Gasteiger charge is -2.30. The highest BCUT2D eigenvalue weighted by atomic mass is 16.5. The van der Waals surface area contributed by atoms with Gasteiger partial charge in [0.1, 0.15) is 11.8 Å². The van der Waals surface area contributed by atoms with Crippen molar-refractivity contribution in [1.82, 2.24) is 9.88 Å². The molecule has 5 heteroatoms. The van der Waals surface area contributed by atoms with E-state index in [-0.39, 0.29) is 5.91 Å². The highest BCUT2D eigenvalue weighted by molar-refractivity contribution is 5.97. The largest absolute Gasteiger partial charge is 0.494 e. The lowest BCUT2D eigenvalue weighted by Crippen LogP contribution is -2.39. The first-order valence-corrected chi connectivity index (χ1v) is 11.3. The number of ether oxygens (including phenoxy) is 1. The SMILES string of the molecule is CCOc1ccc2c(C#N)c(-c3ccc(C(=O)NC4CCC4)cc3)n(C3CCC3)c2c1. The molecule has 2 aliphatic carbocycles. The number of fused-ring (bicyclic) bond motifs is 1. The van der Waals surface area contributed by atoms with E-state index in [1.54, 1.807) is 0 Å². The molecule has 1 N–H and O–H groups in total. The fraction of sp³-hybridized carbons (Fsp3) is 0.385. The van der Waals surface area contributed by atoms with Gasteiger partial charge in [0.15, 0.2) is 0 Å². The Labute approximate surface area is 182 Å². The van der Waals surface area contributed by atoms with Gasteiger partial charge in [0.05, 0.1) is 23.4 Å². The number of carbonyl (C=O) groups is 1. The van der Waals surface area contributed by atoms with E-state index in [9.17, 15) is 10.1 Å². The van der Waals surface area contributed by atoms with Gasteiger partial charge in [-0.25, -0.2) is 0 Å². The summed E-state index contributed by atoms with van der Waals surface area (Å²) in [6.45, 7) is 2.59. The highest BCUT2D eigenvalue weighted by Gasteiger charge is 2.28. The normalized spacial score (nSPS) is 16.4. The van der Waals surface area contributed by atoms with Crippen molar-refractivity contribution in [1.29, 1.82) is 5.26 Å². The molecule has 0 atom stereocenters. The molecule has 1 aromatic heterocycles. The van der Waals surface area contributed by atoms with Crippen LogP contribution in [0.2, 0.25) is 0 Å². The van der Waals surface area contributed by atoms with Crippen molar-refractivity contribution >= 4 is 16.8 Å². The van der Waals surface area contributed by atoms with Crippen LogP contribution in [0.3, 0.4) is 0 Å². The molecule has 5 rings (SSSR count). The van der Waals surface area contributed by atoms with Gasteiger partial charge in [-0.1, -0.05) is 12.1 Å². The first-order chi connectivity index (χ1) is 15.2. The van der Waals surface area contributed by atoms with E-state index >= 15 is 0 Å². The molecule has 3 aromatic rings. The third kappa shape index (κ3) is 3.46. The van der Waals surface area contributed by atoms with E-state index in [4.69, 9.17) is 4.74 Å². The predicted molar refractivity (Wildman–Crippen MR) is 121 cm³/mol. The molecule has 0 aliphatic heterocycles. The minimum atomic E-state index is -0.0161. The van der Waals surface area contributed by atoms with Crippen molar-refractivity contribution in [2.75, 3.05) is 6.61 Å². The maximum atomic E-state index is 12.5. The Balaban J connectivity index is 1.58. The molecular weight excluding hydrogens is 386 g/mol. The van der Waals surface area contributed by atoms with E-state index in [1.807, 2.05) is 43.3 Å². The molecule has 31 heavy (non-hydrogen) atoms. The summed E-state index contributed by atoms with van der Waals surface area (Å²) in [4.78, 5) is 12.5. The molecule has 2 aromatic carbocycles. The Morgan fingerprint density at radius 3 is 2.45 bits per heavy atom. The lowest BCUT2D eigenvalue weighted by atomic mass is 9.92. The first kappa shape index (κ1) is 19.7. The van der Waals surface area contributed by atoms with E-state index < -0.39 is 0 Å². The highest BCUT2D eigenvalue weighted by Crippen LogP contribution is 2.43. The zero-order valence-corrected chi connectivity index (χ0v) is 17.9. The van der Waals surface area contributed by atoms with Crippen LogP contribution in [0, 0.1) is 11.3 Å². The molecule has 1 amide bonds. The lowest BCUT2D eigenvalue weighted by molar-refractivity contribution is 0.0917. The van der Waals surface area contributed by atoms with Crippen molar-refractivity contribution in [2.24, 2.45) is 0 Å². The quantitative estimate of drug-likeness (QED) is 0.573. The summed E-state index contributed by atoms with van der Waals surface area (Å²) in [5.41, 5.74) is 4.32. The summed E-state index contributed by atoms with van der Waals surface area (Å²) in [6.07, 6.45) is 6.76. The third-order valence-corrected chi connectivity index (χ3v) is 6.70. The average Bonchev–Trinajstić information content (AvgIpc) is 3.03. The summed E-state index contributed by atoms with van der Waals surface area (Å²) in [5.74, 6) is 0.810. The van der Waals surface area contributed by atoms with Crippen molar-refractivity contribution in [3.63, 3.8) is 0 Å². The van der Waals surface area contributed by atoms with E-state index in [0.29, 0.717) is 29.8 Å². The number of hydrogen-bond acceptors (Lipinski definition) is 3. The standard InChI is InChI=1S/C26H27N3O2/c1-2-31-21-13-14-22-23(16-27)25(29(24(22)15-21)20-7-4-8-20)17-9-11-18(12-10-17)26(30)28-19-5-3-6-19/h9-15,19-20H,2-8H2,1H3,(H,28,30). The summed E-state index contributed by atoms with van der Waals surface area (Å²) < 4.78 is 8.06. The number of benzene rings is 2. The van der Waals surface area contributed by atoms with E-state index in [0.717, 1.165) is 53.6 Å². The van der Waals surface area contributed by atoms with Crippen LogP contribution in [0.4, 0.5) is 0 Å². The van der Waals surface area contributed by atoms with Gasteiger partial charge in [0.25, 0.3) is 5.91 Å². The summed E-state index contributed by atoms with van der Waals surface area (Å²) in [5, 5.41) is 14.1. The molecule has 0 bridgehead atoms. The zero-order valence-electron chi connectivity index (χ0n) is 17.9. The summed E-state index contributed by atoms with van der Waals surface area (Å²) in [7, 11) is 0. The molecule has 5 nitrogen and oxygen atoms in total. The first-order valence-electron chi connectivity index (χ1n) is 11.3. The predicted octanol–water partition coefficient (Wildman–Crippen LogP) is 5.59. The summed E-state index contributed by atoms with van der Waals surface area (Å²) in [6, 6.07) is 16.8. The minimum Gasteiger partial charge on any atom is -0.494 e. The van der Waals surface area contributed by atoms with Crippen molar-refractivity contribution in [3.8, 4) is 23.1 Å². The van der Waals surface area contributed by atoms with Crippen LogP contribution in [0.25, 0.3) is 22.2 Å². The number of nitrogens with zero attached hydrogens (tertiary/aromatic N) is 2. The zero-order chi connectivity index (χ0) is 21.4. The molecule has 2 aliphatic rings. The van der Waals surface area contributed by atoms with Crippen LogP contribution >= 0.6 is 0 Å². The third-order valence-electron chi connectivity index (χ3n) is 6.70. The number of rotatable bonds is 6. The second-order valence-electron chi connectivity index (χ2n) is 8.58. The van der Waals surface area contributed by atoms with Gasteiger partial charge in [-0.2, -0.15) is 5.26 Å². The fourth-order valence-corrected chi connectivity index (χ4v) is 4.57. The van der Waals surface area contributed by atoms with Crippen LogP contribution in [0.1, 0.15) is 67.4 Å². The number of nitrogens with one attached hydrogen (secondary N) is 1. The molecule has 2 saturated carbocycles. The van der Waals surface area contributed by atoms with Gasteiger partial charge in [0.2, 0.25) is 0 Å². The average molecular weight is 414 g/mol. The van der Waals surface area contributed by atoms with Crippen molar-refractivity contribution in [2.45, 2.75) is 57.5 Å².